The van der Waals surface area contributed by atoms with Crippen LogP contribution in [0, 0.1) is 5.82 Å². The van der Waals surface area contributed by atoms with Crippen LogP contribution in [0.4, 0.5) is 10.1 Å². The van der Waals surface area contributed by atoms with Gasteiger partial charge in [0.2, 0.25) is 11.8 Å². The molecule has 0 aliphatic carbocycles. The number of nitrogens with zero attached hydrogens (tertiary/aromatic N) is 2. The van der Waals surface area contributed by atoms with Gasteiger partial charge in [-0.25, -0.2) is 12.8 Å². The number of halogens is 3. The van der Waals surface area contributed by atoms with Gasteiger partial charge in [-0.15, -0.1) is 0 Å². The average molecular weight is 581 g/mol. The molecule has 0 aliphatic rings. The van der Waals surface area contributed by atoms with Crippen molar-refractivity contribution < 1.29 is 22.4 Å². The molecule has 0 spiro atoms. The number of hydrogen-bond donors (Lipinski definition) is 1. The van der Waals surface area contributed by atoms with Gasteiger partial charge < -0.3 is 10.2 Å². The standard InChI is InChI=1S/C27H28Cl2FN3O4S/c1-3-15-31-27(35)19(2)32(17-20-9-12-22(30)13-10-20)26(34)18-33(25-14-11-21(28)16-24(25)29)38(36,37)23-7-5-4-6-8-23/h4-14,16,19H,3,15,17-18H2,1-2H3,(H,31,35)/t19-/m0/s1. The smallest absolute Gasteiger partial charge is 0.264 e. The minimum Gasteiger partial charge on any atom is -0.354 e. The van der Waals surface area contributed by atoms with Crippen molar-refractivity contribution in [2.24, 2.45) is 0 Å². The number of benzene rings is 3. The third kappa shape index (κ3) is 7.24. The van der Waals surface area contributed by atoms with Crippen LogP contribution in [0.3, 0.4) is 0 Å². The zero-order valence-electron chi connectivity index (χ0n) is 20.9. The predicted octanol–water partition coefficient (Wildman–Crippen LogP) is 5.27. The summed E-state index contributed by atoms with van der Waals surface area (Å²) in [7, 11) is -4.25. The van der Waals surface area contributed by atoms with E-state index in [0.717, 1.165) is 4.31 Å². The van der Waals surface area contributed by atoms with E-state index in [2.05, 4.69) is 5.32 Å². The highest BCUT2D eigenvalue weighted by atomic mass is 35.5. The second-order valence-electron chi connectivity index (χ2n) is 8.54. The van der Waals surface area contributed by atoms with Crippen LogP contribution >= 0.6 is 23.2 Å². The van der Waals surface area contributed by atoms with Crippen molar-refractivity contribution in [3.8, 4) is 0 Å². The Balaban J connectivity index is 2.03. The number of carbonyl (C=O) groups excluding carboxylic acids is 2. The molecule has 1 N–H and O–H groups in total. The lowest BCUT2D eigenvalue weighted by atomic mass is 10.1. The summed E-state index contributed by atoms with van der Waals surface area (Å²) in [5.41, 5.74) is 0.620. The van der Waals surface area contributed by atoms with Gasteiger partial charge in [0.15, 0.2) is 0 Å². The van der Waals surface area contributed by atoms with Gasteiger partial charge in [-0.1, -0.05) is 60.5 Å². The Labute approximate surface area is 232 Å². The lowest BCUT2D eigenvalue weighted by molar-refractivity contribution is -0.139. The molecule has 0 bridgehead atoms. The molecule has 0 aromatic heterocycles. The van der Waals surface area contributed by atoms with Crippen LogP contribution < -0.4 is 9.62 Å². The van der Waals surface area contributed by atoms with Crippen LogP contribution in [0.15, 0.2) is 77.7 Å². The lowest BCUT2D eigenvalue weighted by Crippen LogP contribution is -2.51. The summed E-state index contributed by atoms with van der Waals surface area (Å²) in [6, 6.07) is 16.5. The second kappa shape index (κ2) is 13.1. The number of sulfonamides is 1. The van der Waals surface area contributed by atoms with E-state index in [9.17, 15) is 22.4 Å². The Bertz CT molecular complexity index is 1370. The molecule has 2 amide bonds. The first-order valence-corrected chi connectivity index (χ1v) is 14.1. The minimum atomic E-state index is -4.25. The normalized spacial score (nSPS) is 12.0. The summed E-state index contributed by atoms with van der Waals surface area (Å²) in [6.07, 6.45) is 0.697. The Kier molecular flexibility index (Phi) is 10.1. The highest BCUT2D eigenvalue weighted by molar-refractivity contribution is 7.92. The van der Waals surface area contributed by atoms with E-state index in [1.54, 1.807) is 25.1 Å². The van der Waals surface area contributed by atoms with E-state index < -0.39 is 40.2 Å². The molecule has 7 nitrogen and oxygen atoms in total. The number of carbonyl (C=O) groups is 2. The predicted molar refractivity (Wildman–Crippen MR) is 147 cm³/mol. The molecule has 11 heteroatoms. The van der Waals surface area contributed by atoms with Crippen LogP contribution in [0.5, 0.6) is 0 Å². The van der Waals surface area contributed by atoms with Crippen LogP contribution in [0.25, 0.3) is 0 Å². The molecule has 0 radical (unpaired) electrons. The summed E-state index contributed by atoms with van der Waals surface area (Å²) < 4.78 is 41.8. The van der Waals surface area contributed by atoms with E-state index in [1.165, 1.54) is 59.5 Å². The Morgan fingerprint density at radius 3 is 2.26 bits per heavy atom. The quantitative estimate of drug-likeness (QED) is 0.335. The van der Waals surface area contributed by atoms with Crippen molar-refractivity contribution in [3.05, 3.63) is 94.2 Å². The highest BCUT2D eigenvalue weighted by Crippen LogP contribution is 2.33. The molecule has 0 saturated heterocycles. The summed E-state index contributed by atoms with van der Waals surface area (Å²) in [6.45, 7) is 3.17. The SMILES string of the molecule is CCCNC(=O)[C@H](C)N(Cc1ccc(F)cc1)C(=O)CN(c1ccc(Cl)cc1Cl)S(=O)(=O)c1ccccc1. The van der Waals surface area contributed by atoms with Crippen LogP contribution in [0.2, 0.25) is 10.0 Å². The molecule has 3 rings (SSSR count). The summed E-state index contributed by atoms with van der Waals surface area (Å²) in [5.74, 6) is -1.50. The van der Waals surface area contributed by atoms with Gasteiger partial charge in [0.1, 0.15) is 18.4 Å². The number of hydrogen-bond acceptors (Lipinski definition) is 4. The Hall–Kier alpha value is -3.14. The molecular formula is C27H28Cl2FN3O4S. The first-order valence-electron chi connectivity index (χ1n) is 11.9. The van der Waals surface area contributed by atoms with E-state index in [0.29, 0.717) is 23.6 Å². The molecule has 0 unspecified atom stereocenters. The van der Waals surface area contributed by atoms with E-state index in [4.69, 9.17) is 23.2 Å². The lowest BCUT2D eigenvalue weighted by Gasteiger charge is -2.32. The molecule has 0 fully saturated rings. The zero-order valence-corrected chi connectivity index (χ0v) is 23.2. The molecule has 202 valence electrons. The maximum atomic E-state index is 13.8. The number of anilines is 1. The fraction of sp³-hybridized carbons (Fsp3) is 0.259. The van der Waals surface area contributed by atoms with Crippen molar-refractivity contribution in [2.75, 3.05) is 17.4 Å². The number of nitrogens with one attached hydrogen (secondary N) is 1. The van der Waals surface area contributed by atoms with E-state index >= 15 is 0 Å². The van der Waals surface area contributed by atoms with Crippen molar-refractivity contribution in [1.29, 1.82) is 0 Å². The van der Waals surface area contributed by atoms with Gasteiger partial charge in [0, 0.05) is 18.1 Å². The fourth-order valence-corrected chi connectivity index (χ4v) is 5.70. The first kappa shape index (κ1) is 29.4. The maximum Gasteiger partial charge on any atom is 0.264 e. The largest absolute Gasteiger partial charge is 0.354 e. The second-order valence-corrected chi connectivity index (χ2v) is 11.2. The van der Waals surface area contributed by atoms with Crippen molar-refractivity contribution in [3.63, 3.8) is 0 Å². The van der Waals surface area contributed by atoms with E-state index in [-0.39, 0.29) is 22.2 Å². The Morgan fingerprint density at radius 1 is 1.00 bits per heavy atom. The highest BCUT2D eigenvalue weighted by Gasteiger charge is 2.33. The van der Waals surface area contributed by atoms with E-state index in [1.807, 2.05) is 6.92 Å². The zero-order chi connectivity index (χ0) is 27.9. The Morgan fingerprint density at radius 2 is 1.66 bits per heavy atom. The number of amides is 2. The fourth-order valence-electron chi connectivity index (χ4n) is 3.68. The van der Waals surface area contributed by atoms with Crippen LogP contribution in [0.1, 0.15) is 25.8 Å². The van der Waals surface area contributed by atoms with Crippen molar-refractivity contribution in [2.45, 2.75) is 37.8 Å². The topological polar surface area (TPSA) is 86.8 Å². The molecule has 0 heterocycles. The van der Waals surface area contributed by atoms with Crippen LogP contribution in [-0.2, 0) is 26.2 Å². The molecule has 0 saturated carbocycles. The molecule has 3 aromatic carbocycles. The van der Waals surface area contributed by atoms with Gasteiger partial charge in [-0.05, 0) is 61.4 Å². The maximum absolute atomic E-state index is 13.8. The van der Waals surface area contributed by atoms with Gasteiger partial charge in [0.05, 0.1) is 15.6 Å². The summed E-state index contributed by atoms with van der Waals surface area (Å²) in [5, 5.41) is 3.08. The van der Waals surface area contributed by atoms with Gasteiger partial charge in [-0.2, -0.15) is 0 Å². The van der Waals surface area contributed by atoms with Crippen LogP contribution in [-0.4, -0.2) is 44.3 Å². The minimum absolute atomic E-state index is 0.0311. The average Bonchev–Trinajstić information content (AvgIpc) is 2.90. The monoisotopic (exact) mass is 579 g/mol. The summed E-state index contributed by atoms with van der Waals surface area (Å²) in [4.78, 5) is 27.8. The van der Waals surface area contributed by atoms with Crippen molar-refractivity contribution >= 4 is 50.7 Å². The number of rotatable bonds is 11. The molecule has 1 atom stereocenters. The van der Waals surface area contributed by atoms with Gasteiger partial charge in [-0.3, -0.25) is 13.9 Å². The van der Waals surface area contributed by atoms with Gasteiger partial charge >= 0.3 is 0 Å². The molecule has 0 aliphatic heterocycles. The third-order valence-corrected chi connectivity index (χ3v) is 8.08. The molecule has 3 aromatic rings. The molecule has 38 heavy (non-hydrogen) atoms. The summed E-state index contributed by atoms with van der Waals surface area (Å²) >= 11 is 12.4. The first-order chi connectivity index (χ1) is 18.0. The molecular weight excluding hydrogens is 552 g/mol. The van der Waals surface area contributed by atoms with Gasteiger partial charge in [0.25, 0.3) is 10.0 Å². The third-order valence-electron chi connectivity index (χ3n) is 5.77. The van der Waals surface area contributed by atoms with Crippen molar-refractivity contribution in [1.82, 2.24) is 10.2 Å².